The molecule has 0 spiro atoms. The Kier molecular flexibility index (Phi) is 2.23. The number of ether oxygens (including phenoxy) is 1. The van der Waals surface area contributed by atoms with Crippen molar-refractivity contribution < 1.29 is 9.53 Å². The van der Waals surface area contributed by atoms with E-state index >= 15 is 0 Å². The summed E-state index contributed by atoms with van der Waals surface area (Å²) in [5.41, 5.74) is 1.93. The number of nitrogens with zero attached hydrogens (tertiary/aromatic N) is 1. The van der Waals surface area contributed by atoms with E-state index in [1.807, 2.05) is 26.0 Å². The van der Waals surface area contributed by atoms with Gasteiger partial charge >= 0.3 is 0 Å². The molecule has 1 aliphatic rings. The molecule has 0 N–H and O–H groups in total. The summed E-state index contributed by atoms with van der Waals surface area (Å²) in [7, 11) is 0. The van der Waals surface area contributed by atoms with E-state index in [1.165, 1.54) is 0 Å². The van der Waals surface area contributed by atoms with Gasteiger partial charge in [-0.3, -0.25) is 4.79 Å². The van der Waals surface area contributed by atoms with Crippen molar-refractivity contribution in [1.82, 2.24) is 4.98 Å². The third kappa shape index (κ3) is 1.76. The zero-order chi connectivity index (χ0) is 10.1. The molecule has 14 heavy (non-hydrogen) atoms. The van der Waals surface area contributed by atoms with E-state index < -0.39 is 0 Å². The zero-order valence-corrected chi connectivity index (χ0v) is 8.41. The Morgan fingerprint density at radius 1 is 1.36 bits per heavy atom. The van der Waals surface area contributed by atoms with Gasteiger partial charge in [0, 0.05) is 18.9 Å². The number of aromatic nitrogens is 1. The highest BCUT2D eigenvalue weighted by molar-refractivity contribution is 5.87. The van der Waals surface area contributed by atoms with Crippen molar-refractivity contribution in [2.45, 2.75) is 32.8 Å². The van der Waals surface area contributed by atoms with Crippen LogP contribution in [0.1, 0.15) is 25.1 Å². The molecule has 74 valence electrons. The molecule has 0 fully saturated rings. The number of ketones is 1. The fourth-order valence-electron chi connectivity index (χ4n) is 1.59. The zero-order valence-electron chi connectivity index (χ0n) is 8.41. The van der Waals surface area contributed by atoms with Crippen LogP contribution in [-0.4, -0.2) is 16.9 Å². The van der Waals surface area contributed by atoms with Gasteiger partial charge in [0.2, 0.25) is 5.88 Å². The second kappa shape index (κ2) is 3.40. The van der Waals surface area contributed by atoms with E-state index in [1.54, 1.807) is 0 Å². The largest absolute Gasteiger partial charge is 0.475 e. The van der Waals surface area contributed by atoms with E-state index in [0.29, 0.717) is 18.7 Å². The van der Waals surface area contributed by atoms with Gasteiger partial charge in [0.05, 0.1) is 11.8 Å². The first-order chi connectivity index (χ1) is 6.65. The molecule has 1 heterocycles. The van der Waals surface area contributed by atoms with E-state index in [4.69, 9.17) is 4.74 Å². The lowest BCUT2D eigenvalue weighted by Gasteiger charge is -2.09. The van der Waals surface area contributed by atoms with Crippen LogP contribution < -0.4 is 4.74 Å². The molecule has 0 aromatic carbocycles. The molecule has 0 aliphatic heterocycles. The molecule has 1 aliphatic carbocycles. The lowest BCUT2D eigenvalue weighted by molar-refractivity contribution is -0.117. The fourth-order valence-corrected chi connectivity index (χ4v) is 1.59. The van der Waals surface area contributed by atoms with Crippen LogP contribution in [0, 0.1) is 0 Å². The van der Waals surface area contributed by atoms with E-state index in [0.717, 1.165) is 11.3 Å². The Labute approximate surface area is 83.1 Å². The van der Waals surface area contributed by atoms with Gasteiger partial charge in [-0.2, -0.15) is 0 Å². The smallest absolute Gasteiger partial charge is 0.213 e. The molecule has 0 bridgehead atoms. The molecule has 1 aromatic heterocycles. The number of rotatable bonds is 2. The van der Waals surface area contributed by atoms with Crippen LogP contribution in [0.3, 0.4) is 0 Å². The Morgan fingerprint density at radius 3 is 2.86 bits per heavy atom. The molecule has 0 radical (unpaired) electrons. The maximum Gasteiger partial charge on any atom is 0.213 e. The molecular weight excluding hydrogens is 178 g/mol. The van der Waals surface area contributed by atoms with Gasteiger partial charge in [-0.1, -0.05) is 6.07 Å². The third-order valence-corrected chi connectivity index (χ3v) is 2.15. The van der Waals surface area contributed by atoms with Crippen LogP contribution in [0.15, 0.2) is 12.1 Å². The summed E-state index contributed by atoms with van der Waals surface area (Å²) in [6, 6.07) is 3.77. The molecule has 0 amide bonds. The minimum Gasteiger partial charge on any atom is -0.475 e. The van der Waals surface area contributed by atoms with Gasteiger partial charge in [-0.25, -0.2) is 4.98 Å². The summed E-state index contributed by atoms with van der Waals surface area (Å²) in [6.07, 6.45) is 1.12. The minimum absolute atomic E-state index is 0.123. The van der Waals surface area contributed by atoms with Gasteiger partial charge < -0.3 is 4.74 Å². The summed E-state index contributed by atoms with van der Waals surface area (Å²) < 4.78 is 5.45. The Morgan fingerprint density at radius 2 is 2.14 bits per heavy atom. The molecular formula is C11H13NO2. The van der Waals surface area contributed by atoms with Crippen molar-refractivity contribution in [3.8, 4) is 5.88 Å². The molecule has 0 saturated carbocycles. The fraction of sp³-hybridized carbons (Fsp3) is 0.455. The molecule has 0 atom stereocenters. The van der Waals surface area contributed by atoms with Crippen LogP contribution >= 0.6 is 0 Å². The molecule has 2 rings (SSSR count). The summed E-state index contributed by atoms with van der Waals surface area (Å²) in [4.78, 5) is 15.5. The van der Waals surface area contributed by atoms with Crippen LogP contribution in [-0.2, 0) is 17.6 Å². The van der Waals surface area contributed by atoms with Crippen molar-refractivity contribution in [1.29, 1.82) is 0 Å². The van der Waals surface area contributed by atoms with Crippen molar-refractivity contribution in [2.75, 3.05) is 0 Å². The molecule has 3 nitrogen and oxygen atoms in total. The van der Waals surface area contributed by atoms with Gasteiger partial charge in [-0.15, -0.1) is 0 Å². The highest BCUT2D eigenvalue weighted by atomic mass is 16.5. The topological polar surface area (TPSA) is 39.2 Å². The lowest BCUT2D eigenvalue weighted by atomic mass is 10.2. The SMILES string of the molecule is CC(C)Oc1ccc2c(n1)CC(=O)C2. The van der Waals surface area contributed by atoms with Crippen LogP contribution in [0.5, 0.6) is 5.88 Å². The van der Waals surface area contributed by atoms with Crippen molar-refractivity contribution in [3.63, 3.8) is 0 Å². The number of hydrogen-bond acceptors (Lipinski definition) is 3. The standard InChI is InChI=1S/C11H13NO2/c1-7(2)14-11-4-3-8-5-9(13)6-10(8)12-11/h3-4,7H,5-6H2,1-2H3. The number of carbonyl (C=O) groups is 1. The lowest BCUT2D eigenvalue weighted by Crippen LogP contribution is -2.07. The average Bonchev–Trinajstić information content (AvgIpc) is 2.42. The van der Waals surface area contributed by atoms with Gasteiger partial charge in [0.25, 0.3) is 0 Å². The molecule has 3 heteroatoms. The third-order valence-electron chi connectivity index (χ3n) is 2.15. The van der Waals surface area contributed by atoms with Gasteiger partial charge in [0.15, 0.2) is 0 Å². The first kappa shape index (κ1) is 9.19. The molecule has 1 aromatic rings. The summed E-state index contributed by atoms with van der Waals surface area (Å²) in [5, 5.41) is 0. The monoisotopic (exact) mass is 191 g/mol. The van der Waals surface area contributed by atoms with Crippen LogP contribution in [0.25, 0.3) is 0 Å². The minimum atomic E-state index is 0.123. The van der Waals surface area contributed by atoms with E-state index in [9.17, 15) is 4.79 Å². The highest BCUT2D eigenvalue weighted by Crippen LogP contribution is 2.21. The maximum absolute atomic E-state index is 11.2. The summed E-state index contributed by atoms with van der Waals surface area (Å²) in [5.74, 6) is 0.864. The molecule has 0 saturated heterocycles. The van der Waals surface area contributed by atoms with E-state index in [2.05, 4.69) is 4.98 Å². The predicted octanol–water partition coefficient (Wildman–Crippen LogP) is 1.54. The number of carbonyl (C=O) groups excluding carboxylic acids is 1. The van der Waals surface area contributed by atoms with Gasteiger partial charge in [-0.05, 0) is 19.4 Å². The Balaban J connectivity index is 2.24. The summed E-state index contributed by atoms with van der Waals surface area (Å²) in [6.45, 7) is 3.92. The Bertz CT molecular complexity index is 372. The average molecular weight is 191 g/mol. The van der Waals surface area contributed by atoms with Crippen molar-refractivity contribution in [2.24, 2.45) is 0 Å². The summed E-state index contributed by atoms with van der Waals surface area (Å²) >= 11 is 0. The van der Waals surface area contributed by atoms with Crippen molar-refractivity contribution >= 4 is 5.78 Å². The molecule has 0 unspecified atom stereocenters. The number of fused-ring (bicyclic) bond motifs is 1. The van der Waals surface area contributed by atoms with Gasteiger partial charge in [0.1, 0.15) is 5.78 Å². The first-order valence-corrected chi connectivity index (χ1v) is 4.82. The van der Waals surface area contributed by atoms with Crippen LogP contribution in [0.4, 0.5) is 0 Å². The number of hydrogen-bond donors (Lipinski definition) is 0. The van der Waals surface area contributed by atoms with Crippen molar-refractivity contribution in [3.05, 3.63) is 23.4 Å². The highest BCUT2D eigenvalue weighted by Gasteiger charge is 2.20. The van der Waals surface area contributed by atoms with E-state index in [-0.39, 0.29) is 11.9 Å². The quantitative estimate of drug-likeness (QED) is 0.711. The first-order valence-electron chi connectivity index (χ1n) is 4.82. The normalized spacial score (nSPS) is 14.6. The number of pyridine rings is 1. The predicted molar refractivity (Wildman–Crippen MR) is 52.4 cm³/mol. The van der Waals surface area contributed by atoms with Crippen LogP contribution in [0.2, 0.25) is 0 Å². The maximum atomic E-state index is 11.2. The second-order valence-corrected chi connectivity index (χ2v) is 3.81. The second-order valence-electron chi connectivity index (χ2n) is 3.81. The number of Topliss-reactive ketones (excluding diaryl/α,β-unsaturated/α-hetero) is 1. The Hall–Kier alpha value is -1.38.